The van der Waals surface area contributed by atoms with E-state index in [4.69, 9.17) is 4.74 Å². The summed E-state index contributed by atoms with van der Waals surface area (Å²) >= 11 is 0. The van der Waals surface area contributed by atoms with E-state index in [1.54, 1.807) is 0 Å². The van der Waals surface area contributed by atoms with E-state index < -0.39 is 12.6 Å². The second kappa shape index (κ2) is 9.00. The Kier molecular flexibility index (Phi) is 7.67. The summed E-state index contributed by atoms with van der Waals surface area (Å²) < 4.78 is 41.1. The van der Waals surface area contributed by atoms with Gasteiger partial charge in [0.15, 0.2) is 0 Å². The molecule has 1 aromatic heterocycles. The van der Waals surface area contributed by atoms with Crippen LogP contribution in [-0.2, 0) is 17.9 Å². The quantitative estimate of drug-likeness (QED) is 0.707. The van der Waals surface area contributed by atoms with Crippen molar-refractivity contribution in [2.24, 2.45) is 5.92 Å². The van der Waals surface area contributed by atoms with Gasteiger partial charge in [-0.3, -0.25) is 4.98 Å². The van der Waals surface area contributed by atoms with Crippen LogP contribution in [0.2, 0.25) is 0 Å². The van der Waals surface area contributed by atoms with Crippen LogP contribution in [0.15, 0.2) is 18.2 Å². The Hall–Kier alpha value is -1.14. The van der Waals surface area contributed by atoms with Gasteiger partial charge in [-0.25, -0.2) is 0 Å². The highest BCUT2D eigenvalue weighted by molar-refractivity contribution is 5.10. The zero-order valence-corrected chi connectivity index (χ0v) is 12.5. The van der Waals surface area contributed by atoms with Crippen LogP contribution in [0.4, 0.5) is 13.2 Å². The molecule has 0 aliphatic rings. The molecule has 0 fully saturated rings. The van der Waals surface area contributed by atoms with Gasteiger partial charge in [0.2, 0.25) is 0 Å². The number of nitrogens with one attached hydrogen (secondary N) is 1. The first-order valence-corrected chi connectivity index (χ1v) is 7.17. The molecule has 0 spiro atoms. The van der Waals surface area contributed by atoms with E-state index in [1.165, 1.54) is 0 Å². The number of nitrogens with zero attached hydrogens (tertiary/aromatic N) is 1. The topological polar surface area (TPSA) is 34.1 Å². The van der Waals surface area contributed by atoms with Gasteiger partial charge in [0, 0.05) is 19.6 Å². The minimum Gasteiger partial charge on any atom is -0.375 e. The van der Waals surface area contributed by atoms with Crippen molar-refractivity contribution in [1.29, 1.82) is 0 Å². The number of halogens is 3. The monoisotopic (exact) mass is 304 g/mol. The van der Waals surface area contributed by atoms with Crippen LogP contribution in [0.5, 0.6) is 0 Å². The summed E-state index contributed by atoms with van der Waals surface area (Å²) in [5.41, 5.74) is 1.65. The summed E-state index contributed by atoms with van der Waals surface area (Å²) in [5, 5.41) is 3.29. The first-order valence-electron chi connectivity index (χ1n) is 7.17. The maximum Gasteiger partial charge on any atom is 0.389 e. The number of rotatable bonds is 9. The molecular weight excluding hydrogens is 281 g/mol. The van der Waals surface area contributed by atoms with Crippen LogP contribution in [0.25, 0.3) is 0 Å². The number of ether oxygens (including phenoxy) is 1. The van der Waals surface area contributed by atoms with E-state index in [9.17, 15) is 13.2 Å². The predicted molar refractivity (Wildman–Crippen MR) is 75.7 cm³/mol. The summed E-state index contributed by atoms with van der Waals surface area (Å²) in [6.07, 6.45) is -4.93. The largest absolute Gasteiger partial charge is 0.389 e. The summed E-state index contributed by atoms with van der Waals surface area (Å²) in [6.45, 7) is 6.20. The Morgan fingerprint density at radius 2 is 1.95 bits per heavy atom. The van der Waals surface area contributed by atoms with E-state index >= 15 is 0 Å². The first-order chi connectivity index (χ1) is 9.87. The van der Waals surface area contributed by atoms with Gasteiger partial charge in [0.1, 0.15) is 0 Å². The van der Waals surface area contributed by atoms with Crippen LogP contribution in [0.1, 0.15) is 38.1 Å². The zero-order chi connectivity index (χ0) is 15.7. The van der Waals surface area contributed by atoms with Crippen LogP contribution < -0.4 is 5.32 Å². The molecule has 0 aliphatic carbocycles. The lowest BCUT2D eigenvalue weighted by Crippen LogP contribution is -2.19. The number of pyridine rings is 1. The van der Waals surface area contributed by atoms with Gasteiger partial charge in [0.05, 0.1) is 18.0 Å². The molecular formula is C15H23F3N2O. The number of aromatic nitrogens is 1. The van der Waals surface area contributed by atoms with Crippen molar-refractivity contribution < 1.29 is 17.9 Å². The molecule has 1 rings (SSSR count). The minimum atomic E-state index is -4.11. The lowest BCUT2D eigenvalue weighted by Gasteiger charge is -2.09. The van der Waals surface area contributed by atoms with Gasteiger partial charge in [0.25, 0.3) is 0 Å². The molecule has 0 aliphatic heterocycles. The third-order valence-electron chi connectivity index (χ3n) is 2.72. The van der Waals surface area contributed by atoms with Crippen molar-refractivity contribution in [3.05, 3.63) is 29.6 Å². The normalized spacial score (nSPS) is 12.1. The van der Waals surface area contributed by atoms with Crippen molar-refractivity contribution in [3.63, 3.8) is 0 Å². The van der Waals surface area contributed by atoms with E-state index in [-0.39, 0.29) is 19.6 Å². The fourth-order valence-electron chi connectivity index (χ4n) is 1.75. The van der Waals surface area contributed by atoms with Gasteiger partial charge in [-0.15, -0.1) is 0 Å². The fraction of sp³-hybridized carbons (Fsp3) is 0.667. The third kappa shape index (κ3) is 9.42. The van der Waals surface area contributed by atoms with Gasteiger partial charge in [-0.2, -0.15) is 13.2 Å². The number of hydrogen-bond donors (Lipinski definition) is 1. The number of hydrogen-bond acceptors (Lipinski definition) is 3. The maximum atomic E-state index is 12.0. The highest BCUT2D eigenvalue weighted by atomic mass is 19.4. The average molecular weight is 304 g/mol. The molecule has 0 aromatic carbocycles. The van der Waals surface area contributed by atoms with Crippen molar-refractivity contribution >= 4 is 0 Å². The van der Waals surface area contributed by atoms with E-state index in [2.05, 4.69) is 24.1 Å². The van der Waals surface area contributed by atoms with E-state index in [0.717, 1.165) is 17.9 Å². The van der Waals surface area contributed by atoms with Crippen LogP contribution >= 0.6 is 0 Å². The lowest BCUT2D eigenvalue weighted by molar-refractivity contribution is -0.138. The standard InChI is InChI=1S/C15H23F3N2O/c1-12(2)9-19-10-13-5-3-6-14(20-13)11-21-8-4-7-15(16,17)18/h3,5-6,12,19H,4,7-11H2,1-2H3. The molecule has 0 unspecified atom stereocenters. The molecule has 6 heteroatoms. The van der Waals surface area contributed by atoms with Crippen molar-refractivity contribution in [3.8, 4) is 0 Å². The highest BCUT2D eigenvalue weighted by Gasteiger charge is 2.25. The fourth-order valence-corrected chi connectivity index (χ4v) is 1.75. The summed E-state index contributed by atoms with van der Waals surface area (Å²) in [4.78, 5) is 4.41. The Bertz CT molecular complexity index is 408. The molecule has 0 bridgehead atoms. The van der Waals surface area contributed by atoms with Crippen LogP contribution in [0, 0.1) is 5.92 Å². The molecule has 0 saturated carbocycles. The lowest BCUT2D eigenvalue weighted by atomic mass is 10.2. The second-order valence-electron chi connectivity index (χ2n) is 5.42. The van der Waals surface area contributed by atoms with Gasteiger partial charge >= 0.3 is 6.18 Å². The predicted octanol–water partition coefficient (Wildman–Crippen LogP) is 3.69. The molecule has 1 heterocycles. The van der Waals surface area contributed by atoms with Gasteiger partial charge < -0.3 is 10.1 Å². The average Bonchev–Trinajstić information content (AvgIpc) is 2.37. The summed E-state index contributed by atoms with van der Waals surface area (Å²) in [7, 11) is 0. The molecule has 120 valence electrons. The molecule has 0 saturated heterocycles. The molecule has 21 heavy (non-hydrogen) atoms. The van der Waals surface area contributed by atoms with Gasteiger partial charge in [-0.1, -0.05) is 19.9 Å². The molecule has 0 radical (unpaired) electrons. The van der Waals surface area contributed by atoms with Gasteiger partial charge in [-0.05, 0) is 31.0 Å². The maximum absolute atomic E-state index is 12.0. The Morgan fingerprint density at radius 1 is 1.24 bits per heavy atom. The molecule has 0 atom stereocenters. The van der Waals surface area contributed by atoms with Crippen molar-refractivity contribution in [1.82, 2.24) is 10.3 Å². The zero-order valence-electron chi connectivity index (χ0n) is 12.5. The van der Waals surface area contributed by atoms with Crippen molar-refractivity contribution in [2.45, 2.75) is 46.0 Å². The molecule has 3 nitrogen and oxygen atoms in total. The smallest absolute Gasteiger partial charge is 0.375 e. The van der Waals surface area contributed by atoms with E-state index in [1.807, 2.05) is 18.2 Å². The SMILES string of the molecule is CC(C)CNCc1cccc(COCCCC(F)(F)F)n1. The first kappa shape index (κ1) is 17.9. The summed E-state index contributed by atoms with van der Waals surface area (Å²) in [6, 6.07) is 5.62. The Labute approximate surface area is 123 Å². The Balaban J connectivity index is 2.26. The number of alkyl halides is 3. The molecule has 1 aromatic rings. The van der Waals surface area contributed by atoms with Crippen molar-refractivity contribution in [2.75, 3.05) is 13.2 Å². The Morgan fingerprint density at radius 3 is 2.62 bits per heavy atom. The van der Waals surface area contributed by atoms with Crippen LogP contribution in [0.3, 0.4) is 0 Å². The highest BCUT2D eigenvalue weighted by Crippen LogP contribution is 2.21. The molecule has 0 amide bonds. The minimum absolute atomic E-state index is 0.0147. The van der Waals surface area contributed by atoms with Crippen LogP contribution in [-0.4, -0.2) is 24.3 Å². The van der Waals surface area contributed by atoms with E-state index in [0.29, 0.717) is 12.5 Å². The molecule has 1 N–H and O–H groups in total. The summed E-state index contributed by atoms with van der Waals surface area (Å²) in [5.74, 6) is 0.574. The second-order valence-corrected chi connectivity index (χ2v) is 5.42. The third-order valence-corrected chi connectivity index (χ3v) is 2.72.